The molecule has 116 valence electrons. The summed E-state index contributed by atoms with van der Waals surface area (Å²) in [5.74, 6) is 0.462. The van der Waals surface area contributed by atoms with E-state index in [1.807, 2.05) is 0 Å². The van der Waals surface area contributed by atoms with E-state index in [9.17, 15) is 9.59 Å². The van der Waals surface area contributed by atoms with Crippen molar-refractivity contribution >= 4 is 17.5 Å². The van der Waals surface area contributed by atoms with Gasteiger partial charge in [0.15, 0.2) is 6.61 Å². The van der Waals surface area contributed by atoms with Crippen LogP contribution in [0, 0.1) is 0 Å². The Hall–Kier alpha value is -2.96. The molecule has 0 unspecified atom stereocenters. The van der Waals surface area contributed by atoms with Gasteiger partial charge < -0.3 is 25.5 Å². The van der Waals surface area contributed by atoms with Crippen molar-refractivity contribution in [1.29, 1.82) is 0 Å². The molecule has 22 heavy (non-hydrogen) atoms. The fourth-order valence-corrected chi connectivity index (χ4v) is 1.76. The first kappa shape index (κ1) is 15.4. The second-order valence-electron chi connectivity index (χ2n) is 4.48. The number of hydrogen-bond donors (Lipinski definition) is 3. The number of nitrogens with two attached hydrogens (primary N) is 1. The third kappa shape index (κ3) is 4.02. The SMILES string of the molecule is CNC(=O)c1ccc(OCC(=O)NCc2ccco2)c(N)c1. The van der Waals surface area contributed by atoms with Gasteiger partial charge in [-0.05, 0) is 30.3 Å². The van der Waals surface area contributed by atoms with Gasteiger partial charge >= 0.3 is 0 Å². The average Bonchev–Trinajstić information content (AvgIpc) is 3.04. The number of ether oxygens (including phenoxy) is 1. The molecule has 0 aliphatic carbocycles. The second-order valence-corrected chi connectivity index (χ2v) is 4.48. The largest absolute Gasteiger partial charge is 0.482 e. The lowest BCUT2D eigenvalue weighted by atomic mass is 10.2. The molecule has 0 bridgehead atoms. The Morgan fingerprint density at radius 2 is 2.14 bits per heavy atom. The van der Waals surface area contributed by atoms with Crippen molar-refractivity contribution in [3.63, 3.8) is 0 Å². The quantitative estimate of drug-likeness (QED) is 0.688. The van der Waals surface area contributed by atoms with Gasteiger partial charge in [0, 0.05) is 12.6 Å². The van der Waals surface area contributed by atoms with Gasteiger partial charge in [-0.25, -0.2) is 0 Å². The zero-order valence-electron chi connectivity index (χ0n) is 12.1. The predicted octanol–water partition coefficient (Wildman–Crippen LogP) is 0.917. The van der Waals surface area contributed by atoms with Crippen LogP contribution in [0.1, 0.15) is 16.1 Å². The molecule has 7 heteroatoms. The summed E-state index contributed by atoms with van der Waals surface area (Å²) < 4.78 is 10.4. The minimum Gasteiger partial charge on any atom is -0.482 e. The van der Waals surface area contributed by atoms with Crippen molar-refractivity contribution in [1.82, 2.24) is 10.6 Å². The molecule has 4 N–H and O–H groups in total. The van der Waals surface area contributed by atoms with Gasteiger partial charge in [-0.2, -0.15) is 0 Å². The van der Waals surface area contributed by atoms with Crippen LogP contribution in [0.15, 0.2) is 41.0 Å². The molecule has 1 aromatic carbocycles. The predicted molar refractivity (Wildman–Crippen MR) is 80.3 cm³/mol. The molecule has 2 aromatic rings. The molecule has 0 fully saturated rings. The highest BCUT2D eigenvalue weighted by Gasteiger charge is 2.09. The van der Waals surface area contributed by atoms with Crippen LogP contribution in [0.25, 0.3) is 0 Å². The Labute approximate surface area is 127 Å². The number of rotatable bonds is 6. The van der Waals surface area contributed by atoms with Crippen LogP contribution in [0.4, 0.5) is 5.69 Å². The Balaban J connectivity index is 1.85. The minimum absolute atomic E-state index is 0.176. The molecule has 2 rings (SSSR count). The number of hydrogen-bond acceptors (Lipinski definition) is 5. The Kier molecular flexibility index (Phi) is 5.02. The van der Waals surface area contributed by atoms with Crippen molar-refractivity contribution in [2.24, 2.45) is 0 Å². The average molecular weight is 303 g/mol. The third-order valence-electron chi connectivity index (χ3n) is 2.90. The fraction of sp³-hybridized carbons (Fsp3) is 0.200. The molecule has 0 radical (unpaired) electrons. The summed E-state index contributed by atoms with van der Waals surface area (Å²) in [6.45, 7) is 0.116. The maximum Gasteiger partial charge on any atom is 0.258 e. The van der Waals surface area contributed by atoms with E-state index in [0.29, 0.717) is 29.3 Å². The van der Waals surface area contributed by atoms with Gasteiger partial charge in [-0.1, -0.05) is 0 Å². The van der Waals surface area contributed by atoms with Crippen molar-refractivity contribution in [3.05, 3.63) is 47.9 Å². The fourth-order valence-electron chi connectivity index (χ4n) is 1.76. The van der Waals surface area contributed by atoms with Crippen LogP contribution in [0.3, 0.4) is 0 Å². The Morgan fingerprint density at radius 1 is 1.32 bits per heavy atom. The highest BCUT2D eigenvalue weighted by Crippen LogP contribution is 2.22. The molecule has 7 nitrogen and oxygen atoms in total. The van der Waals surface area contributed by atoms with Crippen molar-refractivity contribution < 1.29 is 18.7 Å². The molecule has 0 aliphatic rings. The van der Waals surface area contributed by atoms with Crippen LogP contribution < -0.4 is 21.1 Å². The number of amides is 2. The summed E-state index contributed by atoms with van der Waals surface area (Å²) in [6, 6.07) is 8.13. The molecule has 2 amide bonds. The van der Waals surface area contributed by atoms with E-state index in [0.717, 1.165) is 0 Å². The molecule has 1 heterocycles. The molecule has 0 aliphatic heterocycles. The van der Waals surface area contributed by atoms with Gasteiger partial charge in [0.25, 0.3) is 11.8 Å². The van der Waals surface area contributed by atoms with Gasteiger partial charge in [0.05, 0.1) is 18.5 Å². The van der Waals surface area contributed by atoms with E-state index in [2.05, 4.69) is 10.6 Å². The molecule has 0 saturated heterocycles. The smallest absolute Gasteiger partial charge is 0.258 e. The maximum atomic E-state index is 11.7. The van der Waals surface area contributed by atoms with Crippen molar-refractivity contribution in [3.8, 4) is 5.75 Å². The normalized spacial score (nSPS) is 10.0. The van der Waals surface area contributed by atoms with Crippen LogP contribution in [0.5, 0.6) is 5.75 Å². The summed E-state index contributed by atoms with van der Waals surface area (Å²) in [4.78, 5) is 23.1. The van der Waals surface area contributed by atoms with Crippen molar-refractivity contribution in [2.45, 2.75) is 6.54 Å². The number of carbonyl (C=O) groups is 2. The lowest BCUT2D eigenvalue weighted by Crippen LogP contribution is -2.28. The van der Waals surface area contributed by atoms with E-state index in [1.54, 1.807) is 24.3 Å². The van der Waals surface area contributed by atoms with Gasteiger partial charge in [-0.3, -0.25) is 9.59 Å². The lowest BCUT2D eigenvalue weighted by Gasteiger charge is -2.10. The monoisotopic (exact) mass is 303 g/mol. The van der Waals surface area contributed by atoms with E-state index < -0.39 is 0 Å². The number of nitrogen functional groups attached to an aromatic ring is 1. The first-order valence-electron chi connectivity index (χ1n) is 6.63. The first-order valence-corrected chi connectivity index (χ1v) is 6.63. The molecular weight excluding hydrogens is 286 g/mol. The Morgan fingerprint density at radius 3 is 2.77 bits per heavy atom. The first-order chi connectivity index (χ1) is 10.6. The highest BCUT2D eigenvalue weighted by atomic mass is 16.5. The standard InChI is InChI=1S/C15H17N3O4/c1-17-15(20)10-4-5-13(12(16)7-10)22-9-14(19)18-8-11-3-2-6-21-11/h2-7H,8-9,16H2,1H3,(H,17,20)(H,18,19). The van der Waals surface area contributed by atoms with E-state index in [-0.39, 0.29) is 18.4 Å². The zero-order chi connectivity index (χ0) is 15.9. The zero-order valence-corrected chi connectivity index (χ0v) is 12.1. The summed E-state index contributed by atoms with van der Waals surface area (Å²) in [7, 11) is 1.53. The summed E-state index contributed by atoms with van der Waals surface area (Å²) >= 11 is 0. The summed E-state index contributed by atoms with van der Waals surface area (Å²) in [5.41, 5.74) is 6.52. The number of carbonyl (C=O) groups excluding carboxylic acids is 2. The van der Waals surface area contributed by atoms with Crippen molar-refractivity contribution in [2.75, 3.05) is 19.4 Å². The topological polar surface area (TPSA) is 107 Å². The second kappa shape index (κ2) is 7.16. The summed E-state index contributed by atoms with van der Waals surface area (Å²) in [5, 5.41) is 5.15. The van der Waals surface area contributed by atoms with E-state index in [4.69, 9.17) is 14.9 Å². The van der Waals surface area contributed by atoms with E-state index in [1.165, 1.54) is 19.4 Å². The molecule has 1 aromatic heterocycles. The number of anilines is 1. The minimum atomic E-state index is -0.300. The van der Waals surface area contributed by atoms with Crippen LogP contribution in [0.2, 0.25) is 0 Å². The Bertz CT molecular complexity index is 653. The van der Waals surface area contributed by atoms with E-state index >= 15 is 0 Å². The maximum absolute atomic E-state index is 11.7. The van der Waals surface area contributed by atoms with Gasteiger partial charge in [0.2, 0.25) is 0 Å². The number of furan rings is 1. The lowest BCUT2D eigenvalue weighted by molar-refractivity contribution is -0.123. The summed E-state index contributed by atoms with van der Waals surface area (Å²) in [6.07, 6.45) is 1.53. The molecule has 0 spiro atoms. The van der Waals surface area contributed by atoms with Crippen LogP contribution in [-0.2, 0) is 11.3 Å². The molecule has 0 atom stereocenters. The van der Waals surface area contributed by atoms with Gasteiger partial charge in [0.1, 0.15) is 11.5 Å². The third-order valence-corrected chi connectivity index (χ3v) is 2.90. The van der Waals surface area contributed by atoms with Gasteiger partial charge in [-0.15, -0.1) is 0 Å². The van der Waals surface area contributed by atoms with Crippen LogP contribution >= 0.6 is 0 Å². The number of benzene rings is 1. The van der Waals surface area contributed by atoms with Crippen LogP contribution in [-0.4, -0.2) is 25.5 Å². The molecule has 0 saturated carbocycles. The molecular formula is C15H17N3O4. The highest BCUT2D eigenvalue weighted by molar-refractivity contribution is 5.95. The number of nitrogens with one attached hydrogen (secondary N) is 2.